The minimum Gasteiger partial charge on any atom is -0.458 e. The molecule has 0 amide bonds. The van der Waals surface area contributed by atoms with Crippen molar-refractivity contribution in [2.75, 3.05) is 19.8 Å². The summed E-state index contributed by atoms with van der Waals surface area (Å²) < 4.78 is 9.90. The third-order valence-corrected chi connectivity index (χ3v) is 2.37. The van der Waals surface area contributed by atoms with Gasteiger partial charge in [0.05, 0.1) is 18.8 Å². The van der Waals surface area contributed by atoms with Gasteiger partial charge in [-0.05, 0) is 17.7 Å². The van der Waals surface area contributed by atoms with Crippen LogP contribution in [0.15, 0.2) is 30.8 Å². The Hall–Kier alpha value is -1.36. The number of halogens is 1. The molecule has 0 saturated carbocycles. The number of aliphatic hydroxyl groups excluding tert-OH is 1. The minimum absolute atomic E-state index is 0.0659. The first-order valence-electron chi connectivity index (χ1n) is 5.43. The topological polar surface area (TPSA) is 55.8 Å². The number of hydrogen-bond donors (Lipinski definition) is 1. The van der Waals surface area contributed by atoms with Gasteiger partial charge in [-0.3, -0.25) is 0 Å². The van der Waals surface area contributed by atoms with Gasteiger partial charge in [0.2, 0.25) is 0 Å². The van der Waals surface area contributed by atoms with Gasteiger partial charge in [-0.25, -0.2) is 4.79 Å². The van der Waals surface area contributed by atoms with Gasteiger partial charge in [0, 0.05) is 0 Å². The maximum Gasteiger partial charge on any atom is 0.338 e. The highest BCUT2D eigenvalue weighted by Crippen LogP contribution is 2.08. The van der Waals surface area contributed by atoms with E-state index in [-0.39, 0.29) is 19.8 Å². The van der Waals surface area contributed by atoms with Crippen LogP contribution in [0.3, 0.4) is 0 Å². The molecule has 1 aromatic carbocycles. The summed E-state index contributed by atoms with van der Waals surface area (Å²) in [5.41, 5.74) is 0.605. The van der Waals surface area contributed by atoms with Crippen molar-refractivity contribution in [3.8, 4) is 0 Å². The lowest BCUT2D eigenvalue weighted by molar-refractivity contribution is 0.0127. The van der Waals surface area contributed by atoms with E-state index in [4.69, 9.17) is 26.2 Å². The highest BCUT2D eigenvalue weighted by atomic mass is 35.5. The van der Waals surface area contributed by atoms with Crippen LogP contribution in [0, 0.1) is 0 Å². The van der Waals surface area contributed by atoms with Crippen LogP contribution in [-0.4, -0.2) is 36.5 Å². The van der Waals surface area contributed by atoms with Crippen molar-refractivity contribution in [3.63, 3.8) is 0 Å². The second-order valence-electron chi connectivity index (χ2n) is 3.43. The first kappa shape index (κ1) is 14.7. The molecule has 0 radical (unpaired) electrons. The zero-order chi connectivity index (χ0) is 13.4. The van der Waals surface area contributed by atoms with E-state index >= 15 is 0 Å². The first-order valence-corrected chi connectivity index (χ1v) is 5.87. The van der Waals surface area contributed by atoms with E-state index in [1.807, 2.05) is 0 Å². The molecule has 0 bridgehead atoms. The van der Waals surface area contributed by atoms with Gasteiger partial charge < -0.3 is 14.6 Å². The molecule has 1 rings (SSSR count). The molecule has 0 fully saturated rings. The van der Waals surface area contributed by atoms with Gasteiger partial charge >= 0.3 is 5.97 Å². The van der Waals surface area contributed by atoms with E-state index in [2.05, 4.69) is 6.58 Å². The van der Waals surface area contributed by atoms with E-state index in [1.165, 1.54) is 0 Å². The normalized spacial score (nSPS) is 11.9. The van der Waals surface area contributed by atoms with Crippen LogP contribution >= 0.6 is 11.6 Å². The van der Waals surface area contributed by atoms with Crippen molar-refractivity contribution >= 4 is 23.6 Å². The van der Waals surface area contributed by atoms with Gasteiger partial charge in [-0.15, -0.1) is 0 Å². The summed E-state index contributed by atoms with van der Waals surface area (Å²) in [7, 11) is 0. The summed E-state index contributed by atoms with van der Waals surface area (Å²) in [4.78, 5) is 11.6. The van der Waals surface area contributed by atoms with Crippen molar-refractivity contribution in [2.24, 2.45) is 0 Å². The molecule has 5 heteroatoms. The van der Waals surface area contributed by atoms with Crippen LogP contribution in [0.5, 0.6) is 0 Å². The standard InChI is InChI=1S/C13H15ClO4/c1-2-10-3-5-11(6-4-10)13(16)18-9-12(14)17-8-7-15/h2-6,12,15H,1,7-9H2. The SMILES string of the molecule is C=Cc1ccc(C(=O)OCC(Cl)OCCO)cc1. The molecule has 1 unspecified atom stereocenters. The lowest BCUT2D eigenvalue weighted by atomic mass is 10.1. The Kier molecular flexibility index (Phi) is 6.43. The number of esters is 1. The fourth-order valence-electron chi connectivity index (χ4n) is 1.21. The zero-order valence-corrected chi connectivity index (χ0v) is 10.6. The maximum absolute atomic E-state index is 11.6. The van der Waals surface area contributed by atoms with Crippen LogP contribution < -0.4 is 0 Å². The number of rotatable bonds is 7. The monoisotopic (exact) mass is 270 g/mol. The number of carbonyl (C=O) groups excluding carboxylic acids is 1. The molecule has 4 nitrogen and oxygen atoms in total. The third-order valence-electron chi connectivity index (χ3n) is 2.12. The van der Waals surface area contributed by atoms with Crippen LogP contribution in [0.4, 0.5) is 0 Å². The molecular weight excluding hydrogens is 256 g/mol. The zero-order valence-electron chi connectivity index (χ0n) is 9.84. The minimum atomic E-state index is -0.756. The fraction of sp³-hybridized carbons (Fsp3) is 0.308. The summed E-state index contributed by atoms with van der Waals surface area (Å²) in [6, 6.07) is 6.84. The summed E-state index contributed by atoms with van der Waals surface area (Å²) in [5, 5.41) is 8.52. The van der Waals surface area contributed by atoms with Crippen molar-refractivity contribution in [3.05, 3.63) is 42.0 Å². The fourth-order valence-corrected chi connectivity index (χ4v) is 1.36. The van der Waals surface area contributed by atoms with Gasteiger partial charge in [-0.1, -0.05) is 36.4 Å². The second-order valence-corrected chi connectivity index (χ2v) is 3.92. The largest absolute Gasteiger partial charge is 0.458 e. The first-order chi connectivity index (χ1) is 8.67. The maximum atomic E-state index is 11.6. The molecule has 0 heterocycles. The number of carbonyl (C=O) groups is 1. The number of alkyl halides is 1. The van der Waals surface area contributed by atoms with Crippen LogP contribution in [0.25, 0.3) is 6.08 Å². The molecule has 0 saturated heterocycles. The Morgan fingerprint density at radius 1 is 1.44 bits per heavy atom. The average molecular weight is 271 g/mol. The van der Waals surface area contributed by atoms with Gasteiger partial charge in [0.1, 0.15) is 6.61 Å². The predicted octanol–water partition coefficient (Wildman–Crippen LogP) is 2.06. The highest BCUT2D eigenvalue weighted by molar-refractivity contribution is 6.19. The molecule has 1 atom stereocenters. The Morgan fingerprint density at radius 3 is 2.67 bits per heavy atom. The van der Waals surface area contributed by atoms with Gasteiger partial charge in [-0.2, -0.15) is 0 Å². The number of hydrogen-bond acceptors (Lipinski definition) is 4. The average Bonchev–Trinajstić information content (AvgIpc) is 2.42. The third kappa shape index (κ3) is 4.87. The summed E-state index contributed by atoms with van der Waals surface area (Å²) >= 11 is 5.71. The molecule has 1 aromatic rings. The summed E-state index contributed by atoms with van der Waals surface area (Å²) in [6.07, 6.45) is 1.69. The molecular formula is C13H15ClO4. The molecule has 18 heavy (non-hydrogen) atoms. The molecule has 0 spiro atoms. The molecule has 98 valence electrons. The van der Waals surface area contributed by atoms with Crippen molar-refractivity contribution in [1.82, 2.24) is 0 Å². The Labute approximate surface area is 111 Å². The van der Waals surface area contributed by atoms with Crippen LogP contribution in [0.2, 0.25) is 0 Å². The Balaban J connectivity index is 2.42. The van der Waals surface area contributed by atoms with Crippen LogP contribution in [-0.2, 0) is 9.47 Å². The Morgan fingerprint density at radius 2 is 2.11 bits per heavy atom. The number of benzene rings is 1. The smallest absolute Gasteiger partial charge is 0.338 e. The molecule has 1 N–H and O–H groups in total. The van der Waals surface area contributed by atoms with Crippen molar-refractivity contribution < 1.29 is 19.4 Å². The molecule has 0 aromatic heterocycles. The predicted molar refractivity (Wildman–Crippen MR) is 69.5 cm³/mol. The van der Waals surface area contributed by atoms with Crippen LogP contribution in [0.1, 0.15) is 15.9 Å². The summed E-state index contributed by atoms with van der Waals surface area (Å²) in [6.45, 7) is 3.54. The summed E-state index contributed by atoms with van der Waals surface area (Å²) in [5.74, 6) is -0.469. The number of ether oxygens (including phenoxy) is 2. The highest BCUT2D eigenvalue weighted by Gasteiger charge is 2.11. The van der Waals surface area contributed by atoms with Gasteiger partial charge in [0.25, 0.3) is 0 Å². The van der Waals surface area contributed by atoms with E-state index < -0.39 is 11.5 Å². The van der Waals surface area contributed by atoms with Gasteiger partial charge in [0.15, 0.2) is 5.56 Å². The second kappa shape index (κ2) is 7.87. The van der Waals surface area contributed by atoms with E-state index in [0.717, 1.165) is 5.56 Å². The van der Waals surface area contributed by atoms with Crippen molar-refractivity contribution in [2.45, 2.75) is 5.56 Å². The number of aliphatic hydroxyl groups is 1. The Bertz CT molecular complexity index is 388. The lowest BCUT2D eigenvalue weighted by Gasteiger charge is -2.10. The lowest BCUT2D eigenvalue weighted by Crippen LogP contribution is -2.18. The van der Waals surface area contributed by atoms with E-state index in [1.54, 1.807) is 30.3 Å². The van der Waals surface area contributed by atoms with E-state index in [0.29, 0.717) is 5.56 Å². The quantitative estimate of drug-likeness (QED) is 0.609. The van der Waals surface area contributed by atoms with E-state index in [9.17, 15) is 4.79 Å². The molecule has 0 aliphatic heterocycles. The molecule has 0 aliphatic rings. The van der Waals surface area contributed by atoms with Crippen molar-refractivity contribution in [1.29, 1.82) is 0 Å². The molecule has 0 aliphatic carbocycles.